The molecule has 1 heterocycles. The van der Waals surface area contributed by atoms with Crippen LogP contribution in [0.1, 0.15) is 20.3 Å². The zero-order valence-electron chi connectivity index (χ0n) is 10.4. The van der Waals surface area contributed by atoms with Gasteiger partial charge < -0.3 is 5.32 Å². The van der Waals surface area contributed by atoms with Crippen LogP contribution < -0.4 is 5.32 Å². The fourth-order valence-electron chi connectivity index (χ4n) is 2.03. The van der Waals surface area contributed by atoms with Crippen molar-refractivity contribution in [3.8, 4) is 0 Å². The van der Waals surface area contributed by atoms with Crippen LogP contribution in [0.5, 0.6) is 0 Å². The number of rotatable bonds is 2. The fraction of sp³-hybridized carbons (Fsp3) is 0.538. The third-order valence-corrected chi connectivity index (χ3v) is 5.32. The highest BCUT2D eigenvalue weighted by atomic mass is 35.5. The van der Waals surface area contributed by atoms with Crippen LogP contribution in [-0.4, -0.2) is 17.5 Å². The van der Waals surface area contributed by atoms with Gasteiger partial charge in [0.2, 0.25) is 0 Å². The third-order valence-electron chi connectivity index (χ3n) is 3.44. The molecule has 1 atom stereocenters. The van der Waals surface area contributed by atoms with E-state index in [2.05, 4.69) is 19.2 Å². The maximum absolute atomic E-state index is 6.21. The van der Waals surface area contributed by atoms with Gasteiger partial charge in [0.1, 0.15) is 0 Å². The smallest absolute Gasteiger partial charge is 0.0722 e. The van der Waals surface area contributed by atoms with E-state index in [4.69, 9.17) is 34.8 Å². The third kappa shape index (κ3) is 3.22. The number of benzene rings is 1. The first-order valence-electron chi connectivity index (χ1n) is 5.89. The Labute approximate surface area is 128 Å². The van der Waals surface area contributed by atoms with Crippen LogP contribution in [0.15, 0.2) is 12.1 Å². The van der Waals surface area contributed by atoms with Crippen molar-refractivity contribution in [1.82, 2.24) is 0 Å². The minimum absolute atomic E-state index is 0.248. The molecule has 0 amide bonds. The van der Waals surface area contributed by atoms with Gasteiger partial charge in [-0.3, -0.25) is 0 Å². The fourth-order valence-corrected chi connectivity index (χ4v) is 4.56. The molecule has 1 N–H and O–H groups in total. The Balaban J connectivity index is 2.23. The molecule has 2 rings (SSSR count). The van der Waals surface area contributed by atoms with Crippen molar-refractivity contribution in [3.63, 3.8) is 0 Å². The molecule has 18 heavy (non-hydrogen) atoms. The second-order valence-corrected chi connectivity index (χ2v) is 7.66. The summed E-state index contributed by atoms with van der Waals surface area (Å²) >= 11 is 20.3. The Morgan fingerprint density at radius 3 is 2.39 bits per heavy atom. The van der Waals surface area contributed by atoms with Gasteiger partial charge >= 0.3 is 0 Å². The molecule has 1 aliphatic rings. The summed E-state index contributed by atoms with van der Waals surface area (Å²) in [6, 6.07) is 3.81. The van der Waals surface area contributed by atoms with Crippen LogP contribution >= 0.6 is 46.6 Å². The molecule has 1 fully saturated rings. The summed E-state index contributed by atoms with van der Waals surface area (Å²) in [6.07, 6.45) is 1.19. The minimum Gasteiger partial charge on any atom is -0.379 e. The molecule has 1 aliphatic heterocycles. The van der Waals surface area contributed by atoms with Gasteiger partial charge in [0.25, 0.3) is 0 Å². The average molecular weight is 325 g/mol. The van der Waals surface area contributed by atoms with Gasteiger partial charge in [-0.2, -0.15) is 11.8 Å². The van der Waals surface area contributed by atoms with E-state index in [1.54, 1.807) is 12.1 Å². The molecule has 100 valence electrons. The van der Waals surface area contributed by atoms with Crippen molar-refractivity contribution in [1.29, 1.82) is 0 Å². The zero-order chi connectivity index (χ0) is 13.3. The first-order valence-corrected chi connectivity index (χ1v) is 8.18. The van der Waals surface area contributed by atoms with Crippen LogP contribution in [0.2, 0.25) is 15.1 Å². The lowest BCUT2D eigenvalue weighted by molar-refractivity contribution is 0.305. The molecule has 0 spiro atoms. The molecular weight excluding hydrogens is 309 g/mol. The van der Waals surface area contributed by atoms with Gasteiger partial charge in [0, 0.05) is 16.8 Å². The normalized spacial score (nSPS) is 22.8. The van der Waals surface area contributed by atoms with E-state index in [0.717, 1.165) is 11.4 Å². The van der Waals surface area contributed by atoms with E-state index in [9.17, 15) is 0 Å². The van der Waals surface area contributed by atoms with Gasteiger partial charge in [-0.1, -0.05) is 48.7 Å². The monoisotopic (exact) mass is 323 g/mol. The molecule has 1 aromatic rings. The highest BCUT2D eigenvalue weighted by molar-refractivity contribution is 7.99. The largest absolute Gasteiger partial charge is 0.379 e. The van der Waals surface area contributed by atoms with Gasteiger partial charge in [-0.25, -0.2) is 0 Å². The molecular formula is C13H16Cl3NS. The lowest BCUT2D eigenvalue weighted by Gasteiger charge is -2.39. The summed E-state index contributed by atoms with van der Waals surface area (Å²) in [5.74, 6) is 2.29. The predicted molar refractivity (Wildman–Crippen MR) is 84.6 cm³/mol. The van der Waals surface area contributed by atoms with Gasteiger partial charge in [-0.05, 0) is 29.7 Å². The molecule has 0 bridgehead atoms. The lowest BCUT2D eigenvalue weighted by Crippen LogP contribution is -2.41. The van der Waals surface area contributed by atoms with Gasteiger partial charge in [0.15, 0.2) is 0 Å². The highest BCUT2D eigenvalue weighted by Crippen LogP contribution is 2.40. The molecule has 5 heteroatoms. The van der Waals surface area contributed by atoms with E-state index in [1.807, 2.05) is 11.8 Å². The summed E-state index contributed by atoms with van der Waals surface area (Å²) in [4.78, 5) is 0. The average Bonchev–Trinajstić information content (AvgIpc) is 2.24. The highest BCUT2D eigenvalue weighted by Gasteiger charge is 2.33. The Kier molecular flexibility index (Phi) is 4.64. The molecule has 1 saturated heterocycles. The summed E-state index contributed by atoms with van der Waals surface area (Å²) < 4.78 is 0. The summed E-state index contributed by atoms with van der Waals surface area (Å²) in [6.45, 7) is 4.56. The number of anilines is 1. The van der Waals surface area contributed by atoms with Crippen molar-refractivity contribution in [3.05, 3.63) is 27.2 Å². The number of hydrogen-bond donors (Lipinski definition) is 1. The number of halogens is 3. The van der Waals surface area contributed by atoms with E-state index in [-0.39, 0.29) is 5.41 Å². The Morgan fingerprint density at radius 1 is 1.22 bits per heavy atom. The van der Waals surface area contributed by atoms with Crippen LogP contribution in [-0.2, 0) is 0 Å². The molecule has 0 aliphatic carbocycles. The summed E-state index contributed by atoms with van der Waals surface area (Å²) in [5, 5.41) is 5.22. The second kappa shape index (κ2) is 5.70. The van der Waals surface area contributed by atoms with Crippen LogP contribution in [0.3, 0.4) is 0 Å². The Hall–Kier alpha value is 0.240. The van der Waals surface area contributed by atoms with E-state index in [0.29, 0.717) is 21.1 Å². The number of hydrogen-bond acceptors (Lipinski definition) is 2. The van der Waals surface area contributed by atoms with Crippen molar-refractivity contribution in [2.45, 2.75) is 26.3 Å². The standard InChI is InChI=1S/C13H16Cl3NS/c1-13(2)3-4-18-7-11(13)17-12-9(15)5-8(14)6-10(12)16/h5-6,11,17H,3-4,7H2,1-2H3. The van der Waals surface area contributed by atoms with Crippen LogP contribution in [0.25, 0.3) is 0 Å². The van der Waals surface area contributed by atoms with Crippen molar-refractivity contribution < 1.29 is 0 Å². The first-order chi connectivity index (χ1) is 8.40. The van der Waals surface area contributed by atoms with E-state index >= 15 is 0 Å². The minimum atomic E-state index is 0.248. The first kappa shape index (κ1) is 14.6. The summed E-state index contributed by atoms with van der Waals surface area (Å²) in [7, 11) is 0. The lowest BCUT2D eigenvalue weighted by atomic mass is 9.82. The van der Waals surface area contributed by atoms with Crippen LogP contribution in [0.4, 0.5) is 5.69 Å². The quantitative estimate of drug-likeness (QED) is 0.761. The van der Waals surface area contributed by atoms with E-state index < -0.39 is 0 Å². The Morgan fingerprint density at radius 2 is 1.83 bits per heavy atom. The maximum atomic E-state index is 6.21. The van der Waals surface area contributed by atoms with Crippen LogP contribution in [0, 0.1) is 5.41 Å². The summed E-state index contributed by atoms with van der Waals surface area (Å²) in [5.41, 5.74) is 1.04. The topological polar surface area (TPSA) is 12.0 Å². The molecule has 1 aromatic carbocycles. The zero-order valence-corrected chi connectivity index (χ0v) is 13.5. The molecule has 1 unspecified atom stereocenters. The van der Waals surface area contributed by atoms with Gasteiger partial charge in [0.05, 0.1) is 15.7 Å². The molecule has 0 aromatic heterocycles. The molecule has 0 saturated carbocycles. The number of nitrogens with one attached hydrogen (secondary N) is 1. The molecule has 1 nitrogen and oxygen atoms in total. The second-order valence-electron chi connectivity index (χ2n) is 5.25. The number of thioether (sulfide) groups is 1. The Bertz CT molecular complexity index is 425. The van der Waals surface area contributed by atoms with Crippen molar-refractivity contribution in [2.75, 3.05) is 16.8 Å². The molecule has 0 radical (unpaired) electrons. The van der Waals surface area contributed by atoms with E-state index in [1.165, 1.54) is 12.2 Å². The van der Waals surface area contributed by atoms with Gasteiger partial charge in [-0.15, -0.1) is 0 Å². The maximum Gasteiger partial charge on any atom is 0.0722 e. The predicted octanol–water partition coefficient (Wildman–Crippen LogP) is 5.59. The van der Waals surface area contributed by atoms with Crippen molar-refractivity contribution >= 4 is 52.3 Å². The van der Waals surface area contributed by atoms with Crippen molar-refractivity contribution in [2.24, 2.45) is 5.41 Å². The SMILES string of the molecule is CC1(C)CCSCC1Nc1c(Cl)cc(Cl)cc1Cl.